The monoisotopic (exact) mass is 238 g/mol. The second-order valence-corrected chi connectivity index (χ2v) is 5.06. The fourth-order valence-electron chi connectivity index (χ4n) is 1.05. The molecule has 0 aliphatic rings. The van der Waals surface area contributed by atoms with Gasteiger partial charge in [0.1, 0.15) is 5.82 Å². The lowest BCUT2D eigenvalue weighted by Crippen LogP contribution is -2.53. The first-order valence-corrected chi connectivity index (χ1v) is 5.43. The maximum atomic E-state index is 9.91. The van der Waals surface area contributed by atoms with Crippen LogP contribution in [0.15, 0.2) is 18.3 Å². The van der Waals surface area contributed by atoms with Crippen molar-refractivity contribution in [2.24, 2.45) is 0 Å². The summed E-state index contributed by atoms with van der Waals surface area (Å²) < 4.78 is 5.45. The van der Waals surface area contributed by atoms with Crippen LogP contribution in [0.2, 0.25) is 0 Å². The molecule has 0 saturated carbocycles. The Balaban J connectivity index is 2.79. The normalized spacial score (nSPS) is 12.6. The molecule has 0 aliphatic carbocycles. The SMILES string of the molecule is CC(C)(O)C(C)(C)OB(O)c1ccc(N)nc1. The smallest absolute Gasteiger partial charge is 0.423 e. The Hall–Kier alpha value is -1.11. The molecule has 0 amide bonds. The lowest BCUT2D eigenvalue weighted by molar-refractivity contribution is -0.0982. The Morgan fingerprint density at radius 3 is 2.29 bits per heavy atom. The topological polar surface area (TPSA) is 88.6 Å². The first-order valence-electron chi connectivity index (χ1n) is 5.43. The summed E-state index contributed by atoms with van der Waals surface area (Å²) in [5, 5.41) is 19.8. The Bertz CT molecular complexity index is 373. The molecule has 6 heteroatoms. The minimum Gasteiger partial charge on any atom is -0.423 e. The molecule has 4 N–H and O–H groups in total. The van der Waals surface area contributed by atoms with Gasteiger partial charge in [-0.15, -0.1) is 0 Å². The standard InChI is InChI=1S/C11H19BN2O3/c1-10(2,15)11(3,4)17-12(16)8-5-6-9(13)14-7-8/h5-7,15-16H,1-4H3,(H2,13,14). The lowest BCUT2D eigenvalue weighted by Gasteiger charge is -2.38. The zero-order chi connectivity index (χ0) is 13.3. The Morgan fingerprint density at radius 2 is 1.88 bits per heavy atom. The minimum absolute atomic E-state index is 0.377. The molecular formula is C11H19BN2O3. The Morgan fingerprint density at radius 1 is 1.29 bits per heavy atom. The molecule has 0 fully saturated rings. The van der Waals surface area contributed by atoms with Gasteiger partial charge in [0.05, 0.1) is 11.2 Å². The van der Waals surface area contributed by atoms with E-state index in [1.54, 1.807) is 39.8 Å². The number of hydrogen-bond acceptors (Lipinski definition) is 5. The van der Waals surface area contributed by atoms with Crippen LogP contribution < -0.4 is 11.2 Å². The third-order valence-electron chi connectivity index (χ3n) is 2.97. The average Bonchev–Trinajstić information content (AvgIpc) is 2.16. The van der Waals surface area contributed by atoms with E-state index in [9.17, 15) is 10.1 Å². The van der Waals surface area contributed by atoms with E-state index in [0.29, 0.717) is 11.3 Å². The van der Waals surface area contributed by atoms with Crippen LogP contribution in [0.5, 0.6) is 0 Å². The molecule has 0 atom stereocenters. The predicted octanol–water partition coefficient (Wildman–Crippen LogP) is -0.0826. The van der Waals surface area contributed by atoms with Crippen LogP contribution in [0.4, 0.5) is 5.82 Å². The minimum atomic E-state index is -1.15. The molecule has 17 heavy (non-hydrogen) atoms. The molecule has 0 spiro atoms. The number of nitrogens with zero attached hydrogens (tertiary/aromatic N) is 1. The zero-order valence-corrected chi connectivity index (χ0v) is 10.6. The van der Waals surface area contributed by atoms with Gasteiger partial charge in [0.25, 0.3) is 0 Å². The summed E-state index contributed by atoms with van der Waals surface area (Å²) in [5.74, 6) is 0.377. The molecule has 0 saturated heterocycles. The second kappa shape index (κ2) is 4.64. The summed E-state index contributed by atoms with van der Waals surface area (Å²) in [6, 6.07) is 3.21. The molecular weight excluding hydrogens is 219 g/mol. The number of rotatable bonds is 4. The maximum Gasteiger partial charge on any atom is 0.493 e. The van der Waals surface area contributed by atoms with Gasteiger partial charge in [0.15, 0.2) is 0 Å². The van der Waals surface area contributed by atoms with Crippen molar-refractivity contribution in [2.45, 2.75) is 38.9 Å². The van der Waals surface area contributed by atoms with Crippen molar-refractivity contribution >= 4 is 18.4 Å². The first-order chi connectivity index (χ1) is 7.63. The molecule has 1 aromatic heterocycles. The average molecular weight is 238 g/mol. The highest BCUT2D eigenvalue weighted by atomic mass is 16.5. The van der Waals surface area contributed by atoms with E-state index in [0.717, 1.165) is 0 Å². The fourth-order valence-corrected chi connectivity index (χ4v) is 1.05. The molecule has 0 aliphatic heterocycles. The van der Waals surface area contributed by atoms with E-state index in [1.807, 2.05) is 0 Å². The van der Waals surface area contributed by atoms with Gasteiger partial charge < -0.3 is 20.5 Å². The van der Waals surface area contributed by atoms with E-state index in [2.05, 4.69) is 4.98 Å². The largest absolute Gasteiger partial charge is 0.493 e. The van der Waals surface area contributed by atoms with Gasteiger partial charge in [-0.25, -0.2) is 4.98 Å². The van der Waals surface area contributed by atoms with Crippen LogP contribution in [0.25, 0.3) is 0 Å². The van der Waals surface area contributed by atoms with Gasteiger partial charge in [-0.3, -0.25) is 0 Å². The van der Waals surface area contributed by atoms with E-state index >= 15 is 0 Å². The number of nitrogens with two attached hydrogens (primary N) is 1. The summed E-state index contributed by atoms with van der Waals surface area (Å²) in [7, 11) is -1.15. The number of anilines is 1. The Labute approximate surface area is 102 Å². The summed E-state index contributed by atoms with van der Waals surface area (Å²) in [6.07, 6.45) is 1.44. The van der Waals surface area contributed by atoms with Gasteiger partial charge in [0.2, 0.25) is 0 Å². The molecule has 1 rings (SSSR count). The highest BCUT2D eigenvalue weighted by Gasteiger charge is 2.39. The summed E-state index contributed by atoms with van der Waals surface area (Å²) in [6.45, 7) is 6.67. The van der Waals surface area contributed by atoms with Crippen molar-refractivity contribution in [3.8, 4) is 0 Å². The predicted molar refractivity (Wildman–Crippen MR) is 67.7 cm³/mol. The molecule has 94 valence electrons. The van der Waals surface area contributed by atoms with Crippen molar-refractivity contribution in [2.75, 3.05) is 5.73 Å². The summed E-state index contributed by atoms with van der Waals surface area (Å²) in [5.41, 5.74) is 3.98. The van der Waals surface area contributed by atoms with Crippen molar-refractivity contribution in [1.82, 2.24) is 4.98 Å². The van der Waals surface area contributed by atoms with Crippen LogP contribution in [0, 0.1) is 0 Å². The number of pyridine rings is 1. The molecule has 0 radical (unpaired) electrons. The third-order valence-corrected chi connectivity index (χ3v) is 2.97. The van der Waals surface area contributed by atoms with Crippen LogP contribution in [0.1, 0.15) is 27.7 Å². The van der Waals surface area contributed by atoms with Crippen molar-refractivity contribution in [3.05, 3.63) is 18.3 Å². The zero-order valence-electron chi connectivity index (χ0n) is 10.6. The van der Waals surface area contributed by atoms with E-state index in [-0.39, 0.29) is 0 Å². The highest BCUT2D eigenvalue weighted by Crippen LogP contribution is 2.25. The summed E-state index contributed by atoms with van der Waals surface area (Å²) >= 11 is 0. The van der Waals surface area contributed by atoms with Crippen molar-refractivity contribution < 1.29 is 14.8 Å². The summed E-state index contributed by atoms with van der Waals surface area (Å²) in [4.78, 5) is 3.87. The third kappa shape index (κ3) is 3.42. The first kappa shape index (κ1) is 14.0. The molecule has 1 heterocycles. The van der Waals surface area contributed by atoms with E-state index in [1.165, 1.54) is 6.20 Å². The second-order valence-electron chi connectivity index (χ2n) is 5.06. The molecule has 0 unspecified atom stereocenters. The molecule has 0 bridgehead atoms. The van der Waals surface area contributed by atoms with E-state index < -0.39 is 18.3 Å². The number of aromatic nitrogens is 1. The van der Waals surface area contributed by atoms with Gasteiger partial charge in [-0.2, -0.15) is 0 Å². The number of nitrogen functional groups attached to an aromatic ring is 1. The molecule has 5 nitrogen and oxygen atoms in total. The quantitative estimate of drug-likeness (QED) is 0.638. The van der Waals surface area contributed by atoms with Crippen LogP contribution in [0.3, 0.4) is 0 Å². The van der Waals surface area contributed by atoms with Crippen molar-refractivity contribution in [3.63, 3.8) is 0 Å². The van der Waals surface area contributed by atoms with Crippen LogP contribution in [-0.4, -0.2) is 33.4 Å². The fraction of sp³-hybridized carbons (Fsp3) is 0.545. The number of hydrogen-bond donors (Lipinski definition) is 3. The molecule has 0 aromatic carbocycles. The van der Waals surface area contributed by atoms with E-state index in [4.69, 9.17) is 10.4 Å². The van der Waals surface area contributed by atoms with Gasteiger partial charge in [-0.1, -0.05) is 6.07 Å². The van der Waals surface area contributed by atoms with Gasteiger partial charge in [0, 0.05) is 11.7 Å². The Kier molecular flexibility index (Phi) is 3.81. The van der Waals surface area contributed by atoms with Gasteiger partial charge in [-0.05, 0) is 33.8 Å². The number of aliphatic hydroxyl groups is 1. The maximum absolute atomic E-state index is 9.91. The lowest BCUT2D eigenvalue weighted by atomic mass is 9.77. The van der Waals surface area contributed by atoms with Crippen LogP contribution >= 0.6 is 0 Å². The van der Waals surface area contributed by atoms with Gasteiger partial charge >= 0.3 is 7.12 Å². The highest BCUT2D eigenvalue weighted by molar-refractivity contribution is 6.60. The van der Waals surface area contributed by atoms with Crippen LogP contribution in [-0.2, 0) is 4.65 Å². The molecule has 1 aromatic rings. The van der Waals surface area contributed by atoms with Crippen molar-refractivity contribution in [1.29, 1.82) is 0 Å².